The van der Waals surface area contributed by atoms with E-state index in [4.69, 9.17) is 0 Å². The van der Waals surface area contributed by atoms with Gasteiger partial charge < -0.3 is 29.6 Å². The summed E-state index contributed by atoms with van der Waals surface area (Å²) in [7, 11) is 0. The molecule has 0 aromatic heterocycles. The van der Waals surface area contributed by atoms with Crippen LogP contribution in [0, 0.1) is 6.92 Å². The lowest BCUT2D eigenvalue weighted by molar-refractivity contribution is -0.247. The zero-order valence-electron chi connectivity index (χ0n) is 11.2. The van der Waals surface area contributed by atoms with Crippen LogP contribution in [0.1, 0.15) is 19.4 Å². The second kappa shape index (κ2) is 6.08. The van der Waals surface area contributed by atoms with Crippen molar-refractivity contribution in [1.29, 1.82) is 0 Å². The van der Waals surface area contributed by atoms with E-state index in [0.29, 0.717) is 11.4 Å². The molecule has 6 nitrogen and oxygen atoms in total. The average Bonchev–Trinajstić information content (AvgIpc) is 2.33. The van der Waals surface area contributed by atoms with Gasteiger partial charge in [-0.15, -0.1) is 0 Å². The first-order valence-electron chi connectivity index (χ1n) is 6.00. The Balaban J connectivity index is 3.27. The standard InChI is InChI=1S/C13H18N2O4/c1-4-14(12(16)17)10-7-6-9(3)11(8-10)15(5-2)13(18)19/h6-8H,4-5H2,1-3H3,(H,16,17)(H,18,19)/p-2. The molecule has 1 rings (SSSR count). The van der Waals surface area contributed by atoms with Crippen molar-refractivity contribution >= 4 is 23.6 Å². The highest BCUT2D eigenvalue weighted by atomic mass is 16.4. The monoisotopic (exact) mass is 264 g/mol. The van der Waals surface area contributed by atoms with Crippen molar-refractivity contribution < 1.29 is 19.8 Å². The largest absolute Gasteiger partial charge is 0.530 e. The normalized spacial score (nSPS) is 10.1. The number of rotatable bonds is 4. The van der Waals surface area contributed by atoms with Crippen LogP contribution in [0.25, 0.3) is 0 Å². The quantitative estimate of drug-likeness (QED) is 0.784. The topological polar surface area (TPSA) is 86.7 Å². The minimum atomic E-state index is -1.33. The van der Waals surface area contributed by atoms with Crippen LogP contribution < -0.4 is 20.0 Å². The molecule has 2 amide bonds. The van der Waals surface area contributed by atoms with E-state index >= 15 is 0 Å². The van der Waals surface area contributed by atoms with Gasteiger partial charge in [-0.1, -0.05) is 6.07 Å². The first-order chi connectivity index (χ1) is 8.92. The third kappa shape index (κ3) is 3.15. The lowest BCUT2D eigenvalue weighted by atomic mass is 10.1. The Bertz CT molecular complexity index is 488. The van der Waals surface area contributed by atoms with Crippen molar-refractivity contribution in [3.63, 3.8) is 0 Å². The Morgan fingerprint density at radius 2 is 1.58 bits per heavy atom. The molecule has 19 heavy (non-hydrogen) atoms. The van der Waals surface area contributed by atoms with Crippen LogP contribution in [0.4, 0.5) is 21.0 Å². The molecule has 0 bridgehead atoms. The first kappa shape index (κ1) is 14.8. The van der Waals surface area contributed by atoms with Gasteiger partial charge in [0.25, 0.3) is 0 Å². The zero-order chi connectivity index (χ0) is 14.6. The number of hydrogen-bond donors (Lipinski definition) is 0. The minimum Gasteiger partial charge on any atom is -0.530 e. The molecule has 1 aromatic rings. The van der Waals surface area contributed by atoms with Gasteiger partial charge in [0.1, 0.15) is 12.2 Å². The lowest BCUT2D eigenvalue weighted by Gasteiger charge is -2.29. The number of anilines is 2. The Kier molecular flexibility index (Phi) is 4.74. The van der Waals surface area contributed by atoms with Crippen molar-refractivity contribution in [2.75, 3.05) is 22.9 Å². The Labute approximate surface area is 111 Å². The van der Waals surface area contributed by atoms with Crippen molar-refractivity contribution in [1.82, 2.24) is 0 Å². The third-order valence-corrected chi connectivity index (χ3v) is 2.87. The van der Waals surface area contributed by atoms with Crippen LogP contribution in [-0.4, -0.2) is 25.3 Å². The van der Waals surface area contributed by atoms with Gasteiger partial charge in [0.05, 0.1) is 0 Å². The summed E-state index contributed by atoms with van der Waals surface area (Å²) >= 11 is 0. The van der Waals surface area contributed by atoms with Gasteiger partial charge in [0.2, 0.25) is 0 Å². The molecule has 0 saturated carbocycles. The van der Waals surface area contributed by atoms with E-state index in [0.717, 1.165) is 15.4 Å². The molecule has 6 heteroatoms. The maximum Gasteiger partial charge on any atom is 0.141 e. The van der Waals surface area contributed by atoms with Gasteiger partial charge in [0, 0.05) is 24.5 Å². The molecular weight excluding hydrogens is 248 g/mol. The fourth-order valence-corrected chi connectivity index (χ4v) is 1.87. The summed E-state index contributed by atoms with van der Waals surface area (Å²) in [4.78, 5) is 24.1. The second-order valence-electron chi connectivity index (χ2n) is 3.99. The predicted octanol–water partition coefficient (Wildman–Crippen LogP) is 0.334. The zero-order valence-corrected chi connectivity index (χ0v) is 11.2. The Hall–Kier alpha value is -2.24. The summed E-state index contributed by atoms with van der Waals surface area (Å²) in [5, 5.41) is 22.0. The van der Waals surface area contributed by atoms with E-state index in [1.165, 1.54) is 6.07 Å². The smallest absolute Gasteiger partial charge is 0.141 e. The fraction of sp³-hybridized carbons (Fsp3) is 0.385. The van der Waals surface area contributed by atoms with E-state index in [2.05, 4.69) is 0 Å². The fourth-order valence-electron chi connectivity index (χ4n) is 1.87. The number of benzene rings is 1. The van der Waals surface area contributed by atoms with Crippen LogP contribution in [0.3, 0.4) is 0 Å². The molecular formula is C13H16N2O4-2. The van der Waals surface area contributed by atoms with E-state index in [9.17, 15) is 19.8 Å². The molecule has 0 aliphatic carbocycles. The SMILES string of the molecule is CCN(C(=O)[O-])c1ccc(C)c(N(CC)C(=O)[O-])c1. The molecule has 0 aliphatic rings. The number of aryl methyl sites for hydroxylation is 1. The molecule has 0 unspecified atom stereocenters. The van der Waals surface area contributed by atoms with Gasteiger partial charge in [-0.05, 0) is 38.5 Å². The van der Waals surface area contributed by atoms with Gasteiger partial charge in [0.15, 0.2) is 0 Å². The van der Waals surface area contributed by atoms with Crippen molar-refractivity contribution in [2.24, 2.45) is 0 Å². The van der Waals surface area contributed by atoms with Gasteiger partial charge in [-0.25, -0.2) is 0 Å². The summed E-state index contributed by atoms with van der Waals surface area (Å²) in [5.41, 5.74) is 1.52. The molecule has 0 saturated heterocycles. The molecule has 104 valence electrons. The number of carbonyl (C=O) groups excluding carboxylic acids is 2. The van der Waals surface area contributed by atoms with Crippen molar-refractivity contribution in [3.05, 3.63) is 23.8 Å². The van der Waals surface area contributed by atoms with Gasteiger partial charge >= 0.3 is 0 Å². The average molecular weight is 264 g/mol. The molecule has 1 aromatic carbocycles. The van der Waals surface area contributed by atoms with Gasteiger partial charge in [-0.2, -0.15) is 0 Å². The van der Waals surface area contributed by atoms with Crippen LogP contribution in [-0.2, 0) is 0 Å². The van der Waals surface area contributed by atoms with E-state index in [1.807, 2.05) is 0 Å². The van der Waals surface area contributed by atoms with Crippen molar-refractivity contribution in [3.8, 4) is 0 Å². The van der Waals surface area contributed by atoms with Crippen molar-refractivity contribution in [2.45, 2.75) is 20.8 Å². The third-order valence-electron chi connectivity index (χ3n) is 2.87. The second-order valence-corrected chi connectivity index (χ2v) is 3.99. The molecule has 0 aliphatic heterocycles. The summed E-state index contributed by atoms with van der Waals surface area (Å²) < 4.78 is 0. The molecule has 0 atom stereocenters. The first-order valence-corrected chi connectivity index (χ1v) is 6.00. The van der Waals surface area contributed by atoms with E-state index < -0.39 is 12.2 Å². The maximum absolute atomic E-state index is 11.0. The Morgan fingerprint density at radius 3 is 2.00 bits per heavy atom. The number of carboxylic acid groups (broad SMARTS) is 2. The van der Waals surface area contributed by atoms with Gasteiger partial charge in [-0.3, -0.25) is 0 Å². The van der Waals surface area contributed by atoms with E-state index in [1.54, 1.807) is 32.9 Å². The number of hydrogen-bond acceptors (Lipinski definition) is 4. The number of amides is 2. The summed E-state index contributed by atoms with van der Waals surface area (Å²) in [5.74, 6) is 0. The van der Waals surface area contributed by atoms with Crippen LogP contribution in [0.15, 0.2) is 18.2 Å². The Morgan fingerprint density at radius 1 is 1.05 bits per heavy atom. The summed E-state index contributed by atoms with van der Waals surface area (Å²) in [6.45, 7) is 5.55. The highest BCUT2D eigenvalue weighted by molar-refractivity contribution is 5.89. The molecule has 0 spiro atoms. The number of carbonyl (C=O) groups is 2. The molecule has 0 heterocycles. The van der Waals surface area contributed by atoms with Crippen LogP contribution in [0.2, 0.25) is 0 Å². The number of nitrogens with zero attached hydrogens (tertiary/aromatic N) is 2. The summed E-state index contributed by atoms with van der Waals surface area (Å²) in [6, 6.07) is 4.79. The minimum absolute atomic E-state index is 0.224. The lowest BCUT2D eigenvalue weighted by Crippen LogP contribution is -2.42. The molecule has 0 fully saturated rings. The van der Waals surface area contributed by atoms with Crippen LogP contribution >= 0.6 is 0 Å². The predicted molar refractivity (Wildman–Crippen MR) is 68.0 cm³/mol. The highest BCUT2D eigenvalue weighted by Gasteiger charge is 2.12. The highest BCUT2D eigenvalue weighted by Crippen LogP contribution is 2.26. The molecule has 0 N–H and O–H groups in total. The maximum atomic E-state index is 11.0. The molecule has 0 radical (unpaired) electrons. The van der Waals surface area contributed by atoms with Crippen LogP contribution in [0.5, 0.6) is 0 Å². The van der Waals surface area contributed by atoms with E-state index in [-0.39, 0.29) is 13.1 Å². The summed E-state index contributed by atoms with van der Waals surface area (Å²) in [6.07, 6.45) is -2.65.